The monoisotopic (exact) mass is 650 g/mol. The van der Waals surface area contributed by atoms with Crippen LogP contribution in [0.4, 0.5) is 0 Å². The molecular weight excluding hydrogens is 574 g/mol. The van der Waals surface area contributed by atoms with Crippen LogP contribution in [0.2, 0.25) is 0 Å². The van der Waals surface area contributed by atoms with Crippen molar-refractivity contribution in [1.29, 1.82) is 0 Å². The molecule has 46 heavy (non-hydrogen) atoms. The van der Waals surface area contributed by atoms with E-state index in [-0.39, 0.29) is 0 Å². The van der Waals surface area contributed by atoms with Crippen molar-refractivity contribution in [1.82, 2.24) is 5.32 Å². The average molecular weight is 650 g/mol. The van der Waals surface area contributed by atoms with Crippen molar-refractivity contribution in [2.75, 3.05) is 6.61 Å². The first kappa shape index (κ1) is 44.5. The molecule has 6 heteroatoms. The van der Waals surface area contributed by atoms with Crippen LogP contribution in [0.3, 0.4) is 0 Å². The molecule has 0 fully saturated rings. The summed E-state index contributed by atoms with van der Waals surface area (Å²) in [6, 6.07) is -1.01. The Morgan fingerprint density at radius 1 is 0.522 bits per heavy atom. The molecule has 0 aromatic carbocycles. The van der Waals surface area contributed by atoms with E-state index in [9.17, 15) is 25.2 Å². The number of hydrogen-bond donors (Lipinski definition) is 5. The highest BCUT2D eigenvalue weighted by atomic mass is 16.3. The Balaban J connectivity index is 3.83. The van der Waals surface area contributed by atoms with E-state index in [0.29, 0.717) is 19.3 Å². The molecule has 270 valence electrons. The molecule has 0 saturated carbocycles. The number of hydrogen-bond acceptors (Lipinski definition) is 5. The first-order chi connectivity index (χ1) is 22.5. The number of unbranched alkanes of at least 4 members (excludes halogenated alkanes) is 19. The van der Waals surface area contributed by atoms with Crippen LogP contribution < -0.4 is 5.32 Å². The van der Waals surface area contributed by atoms with Gasteiger partial charge in [-0.15, -0.1) is 0 Å². The number of nitrogens with one attached hydrogen (secondary N) is 1. The number of rotatable bonds is 34. The highest BCUT2D eigenvalue weighted by Gasteiger charge is 2.28. The molecule has 0 radical (unpaired) electrons. The minimum absolute atomic E-state index is 0.337. The lowest BCUT2D eigenvalue weighted by Crippen LogP contribution is -2.53. The van der Waals surface area contributed by atoms with Crippen LogP contribution in [0.1, 0.15) is 181 Å². The summed E-state index contributed by atoms with van der Waals surface area (Å²) in [5.74, 6) is -0.615. The van der Waals surface area contributed by atoms with E-state index in [1.807, 2.05) is 0 Å². The van der Waals surface area contributed by atoms with Gasteiger partial charge in [0.25, 0.3) is 0 Å². The van der Waals surface area contributed by atoms with Crippen molar-refractivity contribution in [3.63, 3.8) is 0 Å². The molecule has 0 rings (SSSR count). The van der Waals surface area contributed by atoms with Crippen molar-refractivity contribution >= 4 is 5.91 Å². The van der Waals surface area contributed by atoms with Crippen LogP contribution in [-0.4, -0.2) is 57.3 Å². The van der Waals surface area contributed by atoms with E-state index in [4.69, 9.17) is 0 Å². The van der Waals surface area contributed by atoms with Crippen molar-refractivity contribution in [3.8, 4) is 0 Å². The van der Waals surface area contributed by atoms with Crippen LogP contribution in [-0.2, 0) is 4.79 Å². The maximum atomic E-state index is 12.4. The van der Waals surface area contributed by atoms with E-state index in [1.54, 1.807) is 0 Å². The fourth-order valence-corrected chi connectivity index (χ4v) is 5.63. The Morgan fingerprint density at radius 2 is 0.935 bits per heavy atom. The Kier molecular flexibility index (Phi) is 33.7. The highest BCUT2D eigenvalue weighted by Crippen LogP contribution is 2.14. The predicted octanol–water partition coefficient (Wildman–Crippen LogP) is 9.40. The number of carbonyl (C=O) groups is 1. The smallest absolute Gasteiger partial charge is 0.249 e. The molecule has 0 aliphatic heterocycles. The normalized spacial score (nSPS) is 14.8. The summed E-state index contributed by atoms with van der Waals surface area (Å²) in [7, 11) is 0. The maximum Gasteiger partial charge on any atom is 0.249 e. The topological polar surface area (TPSA) is 110 Å². The van der Waals surface area contributed by atoms with Gasteiger partial charge in [0.15, 0.2) is 0 Å². The van der Waals surface area contributed by atoms with Gasteiger partial charge in [0.1, 0.15) is 12.2 Å². The van der Waals surface area contributed by atoms with Gasteiger partial charge >= 0.3 is 0 Å². The SMILES string of the molecule is CCCC/C=C\CCCCCC(O)C(=O)NC(CO)C(O)C(O)CCC/C=C/CC/C=C/CCCCCCCCCCCCCC. The van der Waals surface area contributed by atoms with Crippen LogP contribution in [0.15, 0.2) is 36.5 Å². The molecule has 0 spiro atoms. The van der Waals surface area contributed by atoms with Gasteiger partial charge in [-0.1, -0.05) is 147 Å². The number of allylic oxidation sites excluding steroid dienone is 6. The van der Waals surface area contributed by atoms with Gasteiger partial charge in [0.05, 0.1) is 18.8 Å². The van der Waals surface area contributed by atoms with E-state index in [0.717, 1.165) is 51.4 Å². The molecule has 0 aliphatic rings. The van der Waals surface area contributed by atoms with Crippen molar-refractivity contribution < 1.29 is 25.2 Å². The fourth-order valence-electron chi connectivity index (χ4n) is 5.63. The zero-order chi connectivity index (χ0) is 33.9. The Hall–Kier alpha value is -1.47. The second-order valence-electron chi connectivity index (χ2n) is 13.3. The molecule has 5 N–H and O–H groups in total. The van der Waals surface area contributed by atoms with Crippen LogP contribution in [0.25, 0.3) is 0 Å². The van der Waals surface area contributed by atoms with Gasteiger partial charge in [-0.3, -0.25) is 4.79 Å². The first-order valence-electron chi connectivity index (χ1n) is 19.4. The zero-order valence-electron chi connectivity index (χ0n) is 30.1. The summed E-state index contributed by atoms with van der Waals surface area (Å²) in [6.07, 6.45) is 39.0. The van der Waals surface area contributed by atoms with E-state index < -0.39 is 36.9 Å². The predicted molar refractivity (Wildman–Crippen MR) is 196 cm³/mol. The quantitative estimate of drug-likeness (QED) is 0.0352. The summed E-state index contributed by atoms with van der Waals surface area (Å²) >= 11 is 0. The van der Waals surface area contributed by atoms with Crippen LogP contribution in [0.5, 0.6) is 0 Å². The third kappa shape index (κ3) is 28.7. The largest absolute Gasteiger partial charge is 0.394 e. The summed E-state index contributed by atoms with van der Waals surface area (Å²) in [6.45, 7) is 3.95. The fraction of sp³-hybridized carbons (Fsp3) is 0.825. The summed E-state index contributed by atoms with van der Waals surface area (Å²) in [4.78, 5) is 12.4. The third-order valence-corrected chi connectivity index (χ3v) is 8.80. The van der Waals surface area contributed by atoms with Gasteiger partial charge in [-0.05, 0) is 70.6 Å². The van der Waals surface area contributed by atoms with Gasteiger partial charge < -0.3 is 25.7 Å². The maximum absolute atomic E-state index is 12.4. The second-order valence-corrected chi connectivity index (χ2v) is 13.3. The summed E-state index contributed by atoms with van der Waals surface area (Å²) < 4.78 is 0. The Labute approximate surface area is 284 Å². The van der Waals surface area contributed by atoms with Crippen LogP contribution >= 0.6 is 0 Å². The number of carbonyl (C=O) groups excluding carboxylic acids is 1. The molecule has 6 nitrogen and oxygen atoms in total. The lowest BCUT2D eigenvalue weighted by molar-refractivity contribution is -0.132. The average Bonchev–Trinajstić information content (AvgIpc) is 3.06. The van der Waals surface area contributed by atoms with Gasteiger partial charge in [0, 0.05) is 0 Å². The molecule has 0 aromatic rings. The van der Waals surface area contributed by atoms with Gasteiger partial charge in [-0.25, -0.2) is 0 Å². The number of aliphatic hydroxyl groups is 4. The highest BCUT2D eigenvalue weighted by molar-refractivity contribution is 5.80. The minimum Gasteiger partial charge on any atom is -0.394 e. The van der Waals surface area contributed by atoms with Crippen molar-refractivity contribution in [2.45, 2.75) is 205 Å². The van der Waals surface area contributed by atoms with Crippen molar-refractivity contribution in [2.24, 2.45) is 0 Å². The van der Waals surface area contributed by atoms with E-state index >= 15 is 0 Å². The molecule has 0 bridgehead atoms. The molecule has 0 aliphatic carbocycles. The lowest BCUT2D eigenvalue weighted by Gasteiger charge is -2.27. The molecular formula is C40H75NO5. The molecule has 0 heterocycles. The minimum atomic E-state index is -1.29. The van der Waals surface area contributed by atoms with Gasteiger partial charge in [0.2, 0.25) is 5.91 Å². The molecule has 4 atom stereocenters. The van der Waals surface area contributed by atoms with E-state index in [2.05, 4.69) is 55.6 Å². The van der Waals surface area contributed by atoms with E-state index in [1.165, 1.54) is 96.3 Å². The third-order valence-electron chi connectivity index (χ3n) is 8.80. The molecule has 1 amide bonds. The number of amides is 1. The zero-order valence-corrected chi connectivity index (χ0v) is 30.1. The van der Waals surface area contributed by atoms with Crippen molar-refractivity contribution in [3.05, 3.63) is 36.5 Å². The lowest BCUT2D eigenvalue weighted by atomic mass is 10.00. The molecule has 0 saturated heterocycles. The second kappa shape index (κ2) is 34.9. The summed E-state index contributed by atoms with van der Waals surface area (Å²) in [5, 5.41) is 43.3. The van der Waals surface area contributed by atoms with Crippen LogP contribution in [0, 0.1) is 0 Å². The molecule has 4 unspecified atom stereocenters. The van der Waals surface area contributed by atoms with Gasteiger partial charge in [-0.2, -0.15) is 0 Å². The molecule has 0 aromatic heterocycles. The first-order valence-corrected chi connectivity index (χ1v) is 19.4. The summed E-state index contributed by atoms with van der Waals surface area (Å²) in [5.41, 5.74) is 0. The Bertz CT molecular complexity index is 737. The Morgan fingerprint density at radius 3 is 1.43 bits per heavy atom. The number of aliphatic hydroxyl groups excluding tert-OH is 4. The standard InChI is InChI=1S/C40H75NO5/c1-3-5-7-9-11-13-14-15-16-17-18-19-20-21-22-23-24-26-27-29-31-33-37(43)39(45)36(35-42)41-40(46)38(44)34-32-30-28-25-12-10-8-6-4-2/h10,12,21-22,26-27,36-39,42-45H,3-9,11,13-20,23-25,28-35H2,1-2H3,(H,41,46)/b12-10-,22-21+,27-26+.